The second kappa shape index (κ2) is 6.73. The van der Waals surface area contributed by atoms with Crippen molar-refractivity contribution in [3.8, 4) is 6.07 Å². The van der Waals surface area contributed by atoms with Crippen LogP contribution in [0.2, 0.25) is 0 Å². The standard InChI is InChI=1S/C17H25N3O/c1-12(20(6)13(2)17(3,4)5)16(21)19-15-10-8-7-9-14(15)11-18/h7-10,12-13H,1-6H3,(H,19,21). The van der Waals surface area contributed by atoms with Crippen LogP contribution in [0.4, 0.5) is 5.69 Å². The summed E-state index contributed by atoms with van der Waals surface area (Å²) in [4.78, 5) is 14.5. The van der Waals surface area contributed by atoms with Crippen LogP contribution in [0.5, 0.6) is 0 Å². The highest BCUT2D eigenvalue weighted by Crippen LogP contribution is 2.24. The zero-order valence-corrected chi connectivity index (χ0v) is 13.8. The van der Waals surface area contributed by atoms with Crippen LogP contribution in [0.3, 0.4) is 0 Å². The van der Waals surface area contributed by atoms with Gasteiger partial charge in [-0.2, -0.15) is 5.26 Å². The van der Waals surface area contributed by atoms with Gasteiger partial charge >= 0.3 is 0 Å². The van der Waals surface area contributed by atoms with Gasteiger partial charge in [0, 0.05) is 6.04 Å². The monoisotopic (exact) mass is 287 g/mol. The number of rotatable bonds is 4. The highest BCUT2D eigenvalue weighted by Gasteiger charge is 2.29. The van der Waals surface area contributed by atoms with Crippen LogP contribution in [-0.4, -0.2) is 29.9 Å². The molecule has 2 unspecified atom stereocenters. The fourth-order valence-electron chi connectivity index (χ4n) is 2.06. The van der Waals surface area contributed by atoms with Gasteiger partial charge in [0.25, 0.3) is 0 Å². The van der Waals surface area contributed by atoms with Crippen LogP contribution in [0.15, 0.2) is 24.3 Å². The van der Waals surface area contributed by atoms with Gasteiger partial charge in [-0.1, -0.05) is 32.9 Å². The number of nitriles is 1. The Morgan fingerprint density at radius 1 is 1.29 bits per heavy atom. The third-order valence-corrected chi connectivity index (χ3v) is 4.16. The number of nitrogens with one attached hydrogen (secondary N) is 1. The van der Waals surface area contributed by atoms with Gasteiger partial charge in [0.15, 0.2) is 0 Å². The number of carbonyl (C=O) groups is 1. The molecular formula is C17H25N3O. The zero-order valence-electron chi connectivity index (χ0n) is 13.8. The Balaban J connectivity index is 2.82. The number of amides is 1. The Kier molecular flexibility index (Phi) is 5.51. The highest BCUT2D eigenvalue weighted by atomic mass is 16.2. The Bertz CT molecular complexity index is 540. The molecule has 4 heteroatoms. The average molecular weight is 287 g/mol. The molecule has 1 N–H and O–H groups in total. The van der Waals surface area contributed by atoms with E-state index in [2.05, 4.69) is 44.0 Å². The fourth-order valence-corrected chi connectivity index (χ4v) is 2.06. The van der Waals surface area contributed by atoms with Crippen molar-refractivity contribution in [3.05, 3.63) is 29.8 Å². The lowest BCUT2D eigenvalue weighted by atomic mass is 9.86. The van der Waals surface area contributed by atoms with E-state index in [1.807, 2.05) is 20.0 Å². The summed E-state index contributed by atoms with van der Waals surface area (Å²) in [5.41, 5.74) is 1.13. The minimum absolute atomic E-state index is 0.0911. The second-order valence-electron chi connectivity index (χ2n) is 6.53. The molecule has 0 aliphatic heterocycles. The van der Waals surface area contributed by atoms with Crippen LogP contribution >= 0.6 is 0 Å². The molecule has 0 fully saturated rings. The Labute approximate surface area is 127 Å². The lowest BCUT2D eigenvalue weighted by molar-refractivity contribution is -0.121. The molecule has 1 aromatic rings. The van der Waals surface area contributed by atoms with Gasteiger partial charge in [-0.05, 0) is 38.4 Å². The number of hydrogen-bond acceptors (Lipinski definition) is 3. The predicted octanol–water partition coefficient (Wildman–Crippen LogP) is 3.25. The number of anilines is 1. The van der Waals surface area contributed by atoms with E-state index in [0.29, 0.717) is 11.3 Å². The highest BCUT2D eigenvalue weighted by molar-refractivity contribution is 5.95. The first-order chi connectivity index (χ1) is 9.68. The van der Waals surface area contributed by atoms with Crippen molar-refractivity contribution in [1.29, 1.82) is 5.26 Å². The summed E-state index contributed by atoms with van der Waals surface area (Å²) < 4.78 is 0. The maximum atomic E-state index is 12.4. The van der Waals surface area contributed by atoms with Crippen LogP contribution < -0.4 is 5.32 Å². The number of hydrogen-bond donors (Lipinski definition) is 1. The fraction of sp³-hybridized carbons (Fsp3) is 0.529. The molecule has 0 aromatic heterocycles. The molecule has 0 saturated heterocycles. The zero-order chi connectivity index (χ0) is 16.2. The quantitative estimate of drug-likeness (QED) is 0.924. The largest absolute Gasteiger partial charge is 0.324 e. The maximum Gasteiger partial charge on any atom is 0.241 e. The molecule has 0 aliphatic rings. The molecule has 0 bridgehead atoms. The van der Waals surface area contributed by atoms with E-state index < -0.39 is 0 Å². The summed E-state index contributed by atoms with van der Waals surface area (Å²) >= 11 is 0. The Morgan fingerprint density at radius 2 is 1.86 bits per heavy atom. The summed E-state index contributed by atoms with van der Waals surface area (Å²) in [6.07, 6.45) is 0. The van der Waals surface area contributed by atoms with Crippen molar-refractivity contribution < 1.29 is 4.79 Å². The molecule has 0 heterocycles. The molecule has 2 atom stereocenters. The summed E-state index contributed by atoms with van der Waals surface area (Å²) in [7, 11) is 1.95. The summed E-state index contributed by atoms with van der Waals surface area (Å²) in [5, 5.41) is 11.9. The predicted molar refractivity (Wildman–Crippen MR) is 85.9 cm³/mol. The van der Waals surface area contributed by atoms with Crippen LogP contribution in [0, 0.1) is 16.7 Å². The second-order valence-corrected chi connectivity index (χ2v) is 6.53. The molecule has 1 amide bonds. The maximum absolute atomic E-state index is 12.4. The van der Waals surface area contributed by atoms with E-state index in [9.17, 15) is 4.79 Å². The SMILES string of the molecule is CC(C(=O)Nc1ccccc1C#N)N(C)C(C)C(C)(C)C. The lowest BCUT2D eigenvalue weighted by Crippen LogP contribution is -2.48. The van der Waals surface area contributed by atoms with Crippen molar-refractivity contribution in [1.82, 2.24) is 4.90 Å². The first kappa shape index (κ1) is 17.2. The van der Waals surface area contributed by atoms with E-state index in [4.69, 9.17) is 5.26 Å². The van der Waals surface area contributed by atoms with Gasteiger partial charge < -0.3 is 5.32 Å². The Morgan fingerprint density at radius 3 is 2.38 bits per heavy atom. The van der Waals surface area contributed by atoms with Crippen molar-refractivity contribution in [3.63, 3.8) is 0 Å². The molecule has 0 radical (unpaired) electrons. The lowest BCUT2D eigenvalue weighted by Gasteiger charge is -2.38. The van der Waals surface area contributed by atoms with Gasteiger partial charge in [-0.15, -0.1) is 0 Å². The summed E-state index contributed by atoms with van der Waals surface area (Å²) in [6.45, 7) is 10.5. The Hall–Kier alpha value is -1.86. The molecule has 0 saturated carbocycles. The molecule has 1 aromatic carbocycles. The number of nitrogens with zero attached hydrogens (tertiary/aromatic N) is 2. The van der Waals surface area contributed by atoms with E-state index in [-0.39, 0.29) is 23.4 Å². The van der Waals surface area contributed by atoms with Gasteiger partial charge in [-0.25, -0.2) is 0 Å². The van der Waals surface area contributed by atoms with E-state index in [0.717, 1.165) is 0 Å². The third kappa shape index (κ3) is 4.30. The van der Waals surface area contributed by atoms with Gasteiger partial charge in [-0.3, -0.25) is 9.69 Å². The minimum atomic E-state index is -0.272. The number of carbonyl (C=O) groups excluding carboxylic acids is 1. The molecule has 0 aliphatic carbocycles. The van der Waals surface area contributed by atoms with Gasteiger partial charge in [0.05, 0.1) is 17.3 Å². The average Bonchev–Trinajstić information content (AvgIpc) is 2.44. The van der Waals surface area contributed by atoms with Crippen molar-refractivity contribution in [2.24, 2.45) is 5.41 Å². The topological polar surface area (TPSA) is 56.1 Å². The first-order valence-electron chi connectivity index (χ1n) is 7.20. The minimum Gasteiger partial charge on any atom is -0.324 e. The number of para-hydroxylation sites is 1. The third-order valence-electron chi connectivity index (χ3n) is 4.16. The van der Waals surface area contributed by atoms with E-state index in [1.54, 1.807) is 18.2 Å². The molecule has 21 heavy (non-hydrogen) atoms. The van der Waals surface area contributed by atoms with Crippen LogP contribution in [-0.2, 0) is 4.79 Å². The van der Waals surface area contributed by atoms with Crippen molar-refractivity contribution in [2.45, 2.75) is 46.7 Å². The summed E-state index contributed by atoms with van der Waals surface area (Å²) in [6, 6.07) is 9.10. The van der Waals surface area contributed by atoms with Gasteiger partial charge in [0.2, 0.25) is 5.91 Å². The van der Waals surface area contributed by atoms with Crippen LogP contribution in [0.1, 0.15) is 40.2 Å². The van der Waals surface area contributed by atoms with E-state index in [1.165, 1.54) is 0 Å². The van der Waals surface area contributed by atoms with Crippen molar-refractivity contribution in [2.75, 3.05) is 12.4 Å². The molecular weight excluding hydrogens is 262 g/mol. The van der Waals surface area contributed by atoms with Crippen LogP contribution in [0.25, 0.3) is 0 Å². The van der Waals surface area contributed by atoms with E-state index >= 15 is 0 Å². The summed E-state index contributed by atoms with van der Waals surface area (Å²) in [5.74, 6) is -0.101. The number of likely N-dealkylation sites (N-methyl/N-ethyl adjacent to an activating group) is 1. The normalized spacial score (nSPS) is 14.4. The molecule has 114 valence electrons. The number of benzene rings is 1. The first-order valence-corrected chi connectivity index (χ1v) is 7.20. The molecule has 0 spiro atoms. The molecule has 4 nitrogen and oxygen atoms in total. The smallest absolute Gasteiger partial charge is 0.241 e. The van der Waals surface area contributed by atoms with Gasteiger partial charge in [0.1, 0.15) is 6.07 Å². The molecule has 1 rings (SSSR count). The van der Waals surface area contributed by atoms with Crippen molar-refractivity contribution >= 4 is 11.6 Å².